The number of anilines is 1. The van der Waals surface area contributed by atoms with Crippen molar-refractivity contribution in [2.24, 2.45) is 0 Å². The van der Waals surface area contributed by atoms with Crippen LogP contribution in [0.15, 0.2) is 36.5 Å². The van der Waals surface area contributed by atoms with E-state index in [1.54, 1.807) is 35.9 Å². The zero-order chi connectivity index (χ0) is 23.8. The van der Waals surface area contributed by atoms with Crippen LogP contribution in [0.2, 0.25) is 5.02 Å². The summed E-state index contributed by atoms with van der Waals surface area (Å²) in [6, 6.07) is 7.46. The first-order valence-electron chi connectivity index (χ1n) is 11.0. The summed E-state index contributed by atoms with van der Waals surface area (Å²) in [6.45, 7) is 1.13. The summed E-state index contributed by atoms with van der Waals surface area (Å²) >= 11 is 6.45. The number of carbonyl (C=O) groups excluding carboxylic acids is 1. The van der Waals surface area contributed by atoms with E-state index in [9.17, 15) is 13.6 Å². The standard InChI is InChI=1S/C24H22ClF2N5O2/c1-34-8-2-7-28-22-23-29-12-21(32(23)20-11-18(27)17(26)10-19(20)31-22)13-3-6-15(16(25)9-13)24(33)30-14-4-5-14/h3,6,9-12,14H,2,4-5,7-8H2,1H3,(H,28,31)(H,30,33). The van der Waals surface area contributed by atoms with E-state index < -0.39 is 11.6 Å². The van der Waals surface area contributed by atoms with Gasteiger partial charge in [0.05, 0.1) is 33.5 Å². The first kappa shape index (κ1) is 22.5. The largest absolute Gasteiger partial charge is 0.385 e. The molecule has 34 heavy (non-hydrogen) atoms. The highest BCUT2D eigenvalue weighted by Crippen LogP contribution is 2.32. The molecule has 4 aromatic rings. The predicted molar refractivity (Wildman–Crippen MR) is 126 cm³/mol. The molecule has 1 amide bonds. The molecule has 0 aliphatic heterocycles. The Kier molecular flexibility index (Phi) is 6.05. The highest BCUT2D eigenvalue weighted by atomic mass is 35.5. The number of ether oxygens (including phenoxy) is 1. The molecule has 0 atom stereocenters. The van der Waals surface area contributed by atoms with Gasteiger partial charge in [0, 0.05) is 44.0 Å². The summed E-state index contributed by atoms with van der Waals surface area (Å²) in [5.41, 5.74) is 2.73. The van der Waals surface area contributed by atoms with E-state index in [4.69, 9.17) is 16.3 Å². The zero-order valence-electron chi connectivity index (χ0n) is 18.4. The highest BCUT2D eigenvalue weighted by Gasteiger charge is 2.25. The maximum atomic E-state index is 14.2. The number of nitrogens with zero attached hydrogens (tertiary/aromatic N) is 3. The van der Waals surface area contributed by atoms with Crippen molar-refractivity contribution >= 4 is 40.0 Å². The minimum absolute atomic E-state index is 0.214. The van der Waals surface area contributed by atoms with E-state index in [0.717, 1.165) is 31.4 Å². The normalized spacial score (nSPS) is 13.5. The molecule has 1 aliphatic carbocycles. The Labute approximate surface area is 199 Å². The smallest absolute Gasteiger partial charge is 0.253 e. The summed E-state index contributed by atoms with van der Waals surface area (Å²) < 4.78 is 35.0. The molecule has 2 aromatic heterocycles. The molecule has 2 N–H and O–H groups in total. The molecule has 1 saturated carbocycles. The number of benzene rings is 2. The zero-order valence-corrected chi connectivity index (χ0v) is 19.1. The fourth-order valence-corrected chi connectivity index (χ4v) is 4.09. The number of rotatable bonds is 8. The lowest BCUT2D eigenvalue weighted by atomic mass is 10.1. The molecule has 10 heteroatoms. The number of methoxy groups -OCH3 is 1. The van der Waals surface area contributed by atoms with Gasteiger partial charge in [-0.2, -0.15) is 0 Å². The van der Waals surface area contributed by atoms with Gasteiger partial charge >= 0.3 is 0 Å². The number of carbonyl (C=O) groups is 1. The molecular formula is C24H22ClF2N5O2. The predicted octanol–water partition coefficient (Wildman–Crippen LogP) is 4.82. The Hall–Kier alpha value is -3.30. The molecule has 1 fully saturated rings. The number of nitrogens with one attached hydrogen (secondary N) is 2. The lowest BCUT2D eigenvalue weighted by molar-refractivity contribution is 0.0951. The van der Waals surface area contributed by atoms with Gasteiger partial charge in [0.2, 0.25) is 0 Å². The summed E-state index contributed by atoms with van der Waals surface area (Å²) in [4.78, 5) is 21.4. The SMILES string of the molecule is COCCCNc1nc2cc(F)c(F)cc2n2c(-c3ccc(C(=O)NC4CC4)c(Cl)c3)cnc12. The molecule has 0 bridgehead atoms. The Morgan fingerprint density at radius 3 is 2.76 bits per heavy atom. The van der Waals surface area contributed by atoms with Crippen LogP contribution in [0.4, 0.5) is 14.6 Å². The van der Waals surface area contributed by atoms with Crippen LogP contribution in [-0.4, -0.2) is 46.6 Å². The van der Waals surface area contributed by atoms with Crippen LogP contribution in [0.1, 0.15) is 29.6 Å². The Balaban J connectivity index is 1.61. The molecule has 2 heterocycles. The second kappa shape index (κ2) is 9.15. The average Bonchev–Trinajstić information content (AvgIpc) is 3.51. The molecule has 0 spiro atoms. The van der Waals surface area contributed by atoms with E-state index >= 15 is 0 Å². The fraction of sp³-hybridized carbons (Fsp3) is 0.292. The quantitative estimate of drug-likeness (QED) is 0.350. The second-order valence-corrected chi connectivity index (χ2v) is 8.64. The topological polar surface area (TPSA) is 80.5 Å². The molecule has 0 saturated heterocycles. The fourth-order valence-electron chi connectivity index (χ4n) is 3.82. The summed E-state index contributed by atoms with van der Waals surface area (Å²) in [7, 11) is 1.62. The first-order chi connectivity index (χ1) is 16.5. The lowest BCUT2D eigenvalue weighted by Gasteiger charge is -2.12. The second-order valence-electron chi connectivity index (χ2n) is 8.23. The van der Waals surface area contributed by atoms with E-state index in [2.05, 4.69) is 20.6 Å². The first-order valence-corrected chi connectivity index (χ1v) is 11.3. The van der Waals surface area contributed by atoms with Crippen molar-refractivity contribution in [3.05, 3.63) is 58.7 Å². The third-order valence-corrected chi connectivity index (χ3v) is 6.02. The summed E-state index contributed by atoms with van der Waals surface area (Å²) in [5, 5.41) is 6.42. The maximum Gasteiger partial charge on any atom is 0.253 e. The van der Waals surface area contributed by atoms with Crippen molar-refractivity contribution in [3.63, 3.8) is 0 Å². The minimum Gasteiger partial charge on any atom is -0.385 e. The van der Waals surface area contributed by atoms with Crippen LogP contribution in [0.5, 0.6) is 0 Å². The van der Waals surface area contributed by atoms with Gasteiger partial charge in [-0.15, -0.1) is 0 Å². The number of halogens is 3. The molecule has 2 aromatic carbocycles. The van der Waals surface area contributed by atoms with Gasteiger partial charge in [0.1, 0.15) is 0 Å². The summed E-state index contributed by atoms with van der Waals surface area (Å²) in [6.07, 6.45) is 4.30. The van der Waals surface area contributed by atoms with Gasteiger partial charge in [-0.05, 0) is 31.4 Å². The minimum atomic E-state index is -0.986. The summed E-state index contributed by atoms with van der Waals surface area (Å²) in [5.74, 6) is -1.75. The van der Waals surface area contributed by atoms with Gasteiger partial charge in [-0.25, -0.2) is 18.7 Å². The molecule has 0 unspecified atom stereocenters. The third kappa shape index (κ3) is 4.28. The third-order valence-electron chi connectivity index (χ3n) is 5.70. The van der Waals surface area contributed by atoms with Crippen LogP contribution >= 0.6 is 11.6 Å². The van der Waals surface area contributed by atoms with Gasteiger partial charge in [0.25, 0.3) is 5.91 Å². The van der Waals surface area contributed by atoms with Crippen molar-refractivity contribution < 1.29 is 18.3 Å². The van der Waals surface area contributed by atoms with Gasteiger partial charge in [0.15, 0.2) is 23.1 Å². The van der Waals surface area contributed by atoms with Gasteiger partial charge < -0.3 is 15.4 Å². The van der Waals surface area contributed by atoms with Crippen molar-refractivity contribution in [2.75, 3.05) is 25.6 Å². The maximum absolute atomic E-state index is 14.2. The monoisotopic (exact) mass is 485 g/mol. The molecule has 0 radical (unpaired) electrons. The van der Waals surface area contributed by atoms with E-state index in [1.807, 2.05) is 0 Å². The van der Waals surface area contributed by atoms with Crippen LogP contribution in [0, 0.1) is 11.6 Å². The number of hydrogen-bond donors (Lipinski definition) is 2. The van der Waals surface area contributed by atoms with E-state index in [1.165, 1.54) is 0 Å². The molecule has 1 aliphatic rings. The van der Waals surface area contributed by atoms with Gasteiger partial charge in [-0.3, -0.25) is 9.20 Å². The van der Waals surface area contributed by atoms with Crippen molar-refractivity contribution in [3.8, 4) is 11.3 Å². The molecule has 7 nitrogen and oxygen atoms in total. The average molecular weight is 486 g/mol. The van der Waals surface area contributed by atoms with Crippen LogP contribution in [0.3, 0.4) is 0 Å². The van der Waals surface area contributed by atoms with Crippen molar-refractivity contribution in [2.45, 2.75) is 25.3 Å². The number of hydrogen-bond acceptors (Lipinski definition) is 5. The van der Waals surface area contributed by atoms with Crippen LogP contribution < -0.4 is 10.6 Å². The van der Waals surface area contributed by atoms with Gasteiger partial charge in [-0.1, -0.05) is 17.7 Å². The molecule has 5 rings (SSSR count). The number of aromatic nitrogens is 3. The number of imidazole rings is 1. The van der Waals surface area contributed by atoms with Crippen molar-refractivity contribution in [1.29, 1.82) is 0 Å². The lowest BCUT2D eigenvalue weighted by Crippen LogP contribution is -2.25. The van der Waals surface area contributed by atoms with E-state index in [-0.39, 0.29) is 17.5 Å². The Bertz CT molecular complexity index is 1400. The number of fused-ring (bicyclic) bond motifs is 3. The highest BCUT2D eigenvalue weighted by molar-refractivity contribution is 6.34. The van der Waals surface area contributed by atoms with Crippen LogP contribution in [0.25, 0.3) is 27.9 Å². The molecular weight excluding hydrogens is 464 g/mol. The Morgan fingerprint density at radius 1 is 1.24 bits per heavy atom. The van der Waals surface area contributed by atoms with Crippen molar-refractivity contribution in [1.82, 2.24) is 19.7 Å². The van der Waals surface area contributed by atoms with Crippen LogP contribution in [-0.2, 0) is 4.74 Å². The number of amides is 1. The molecule has 176 valence electrons. The Morgan fingerprint density at radius 2 is 2.03 bits per heavy atom. The van der Waals surface area contributed by atoms with E-state index in [0.29, 0.717) is 52.0 Å².